The van der Waals surface area contributed by atoms with Gasteiger partial charge >= 0.3 is 0 Å². The van der Waals surface area contributed by atoms with Crippen molar-refractivity contribution in [3.05, 3.63) is 27.8 Å². The number of hydrogen-bond donors (Lipinski definition) is 1. The first-order chi connectivity index (χ1) is 8.48. The van der Waals surface area contributed by atoms with Crippen molar-refractivity contribution in [2.24, 2.45) is 5.92 Å². The SMILES string of the molecule is O=C(Nc1ccccc1I)C1CCCC(F)(F)C1. The Kier molecular flexibility index (Phi) is 4.19. The summed E-state index contributed by atoms with van der Waals surface area (Å²) in [4.78, 5) is 12.0. The van der Waals surface area contributed by atoms with Crippen LogP contribution >= 0.6 is 22.6 Å². The standard InChI is InChI=1S/C13H14F2INO/c14-13(15)7-3-4-9(8-13)12(18)17-11-6-2-1-5-10(11)16/h1-2,5-6,9H,3-4,7-8H2,(H,17,18). The molecule has 1 atom stereocenters. The third-order valence-corrected chi connectivity index (χ3v) is 4.08. The molecule has 1 aromatic carbocycles. The molecule has 1 aliphatic rings. The fraction of sp³-hybridized carbons (Fsp3) is 0.462. The molecule has 0 aromatic heterocycles. The number of carbonyl (C=O) groups excluding carboxylic acids is 1. The minimum Gasteiger partial charge on any atom is -0.325 e. The van der Waals surface area contributed by atoms with Gasteiger partial charge in [0.15, 0.2) is 0 Å². The Morgan fingerprint density at radius 3 is 2.78 bits per heavy atom. The Morgan fingerprint density at radius 1 is 1.39 bits per heavy atom. The highest BCUT2D eigenvalue weighted by molar-refractivity contribution is 14.1. The second-order valence-electron chi connectivity index (χ2n) is 4.62. The van der Waals surface area contributed by atoms with E-state index in [0.717, 1.165) is 3.57 Å². The van der Waals surface area contributed by atoms with Crippen LogP contribution in [0.15, 0.2) is 24.3 Å². The summed E-state index contributed by atoms with van der Waals surface area (Å²) in [5.74, 6) is -3.56. The molecule has 0 radical (unpaired) electrons. The van der Waals surface area contributed by atoms with Gasteiger partial charge < -0.3 is 5.32 Å². The number of rotatable bonds is 2. The zero-order chi connectivity index (χ0) is 13.2. The highest BCUT2D eigenvalue weighted by Gasteiger charge is 2.39. The van der Waals surface area contributed by atoms with Crippen LogP contribution in [-0.4, -0.2) is 11.8 Å². The fourth-order valence-corrected chi connectivity index (χ4v) is 2.72. The quantitative estimate of drug-likeness (QED) is 0.788. The molecule has 1 fully saturated rings. The van der Waals surface area contributed by atoms with Crippen LogP contribution in [-0.2, 0) is 4.79 Å². The van der Waals surface area contributed by atoms with E-state index in [4.69, 9.17) is 0 Å². The van der Waals surface area contributed by atoms with Crippen molar-refractivity contribution in [1.29, 1.82) is 0 Å². The summed E-state index contributed by atoms with van der Waals surface area (Å²) in [6.07, 6.45) is 0.531. The second kappa shape index (κ2) is 5.50. The molecule has 0 heterocycles. The predicted octanol–water partition coefficient (Wildman–Crippen LogP) is 4.06. The number of anilines is 1. The number of amides is 1. The van der Waals surface area contributed by atoms with Crippen LogP contribution in [0.2, 0.25) is 0 Å². The van der Waals surface area contributed by atoms with Crippen LogP contribution in [0, 0.1) is 9.49 Å². The maximum absolute atomic E-state index is 13.3. The monoisotopic (exact) mass is 365 g/mol. The number of carbonyl (C=O) groups is 1. The molecule has 0 aliphatic heterocycles. The van der Waals surface area contributed by atoms with E-state index in [1.54, 1.807) is 6.07 Å². The van der Waals surface area contributed by atoms with Crippen LogP contribution in [0.25, 0.3) is 0 Å². The maximum atomic E-state index is 13.3. The summed E-state index contributed by atoms with van der Waals surface area (Å²) in [6, 6.07) is 7.33. The van der Waals surface area contributed by atoms with Gasteiger partial charge in [0.1, 0.15) is 0 Å². The van der Waals surface area contributed by atoms with E-state index in [1.165, 1.54) is 0 Å². The van der Waals surface area contributed by atoms with Gasteiger partial charge in [0.25, 0.3) is 0 Å². The van der Waals surface area contributed by atoms with Crippen molar-refractivity contribution in [1.82, 2.24) is 0 Å². The lowest BCUT2D eigenvalue weighted by Gasteiger charge is -2.28. The summed E-state index contributed by atoms with van der Waals surface area (Å²) in [6.45, 7) is 0. The van der Waals surface area contributed by atoms with Crippen LogP contribution in [0.4, 0.5) is 14.5 Å². The number of hydrogen-bond acceptors (Lipinski definition) is 1. The largest absolute Gasteiger partial charge is 0.325 e. The minimum atomic E-state index is -2.69. The van der Waals surface area contributed by atoms with Crippen molar-refractivity contribution in [2.75, 3.05) is 5.32 Å². The van der Waals surface area contributed by atoms with E-state index < -0.39 is 11.8 Å². The van der Waals surface area contributed by atoms with E-state index in [0.29, 0.717) is 18.5 Å². The molecule has 0 saturated heterocycles. The second-order valence-corrected chi connectivity index (χ2v) is 5.78. The molecule has 0 bridgehead atoms. The summed E-state index contributed by atoms with van der Waals surface area (Å²) >= 11 is 2.11. The number of halogens is 3. The summed E-state index contributed by atoms with van der Waals surface area (Å²) in [5.41, 5.74) is 0.692. The number of para-hydroxylation sites is 1. The van der Waals surface area contributed by atoms with Gasteiger partial charge in [-0.3, -0.25) is 4.79 Å². The van der Waals surface area contributed by atoms with Gasteiger partial charge in [0.05, 0.1) is 5.69 Å². The molecule has 1 amide bonds. The smallest absolute Gasteiger partial charge is 0.248 e. The topological polar surface area (TPSA) is 29.1 Å². The number of benzene rings is 1. The lowest BCUT2D eigenvalue weighted by Crippen LogP contribution is -2.33. The average molecular weight is 365 g/mol. The molecule has 1 saturated carbocycles. The average Bonchev–Trinajstić information content (AvgIpc) is 2.31. The highest BCUT2D eigenvalue weighted by Crippen LogP contribution is 2.37. The molecule has 2 rings (SSSR count). The van der Waals surface area contributed by atoms with E-state index >= 15 is 0 Å². The van der Waals surface area contributed by atoms with E-state index in [1.807, 2.05) is 18.2 Å². The third kappa shape index (κ3) is 3.40. The molecule has 2 nitrogen and oxygen atoms in total. The Bertz CT molecular complexity index is 450. The van der Waals surface area contributed by atoms with Crippen molar-refractivity contribution < 1.29 is 13.6 Å². The Labute approximate surface area is 118 Å². The summed E-state index contributed by atoms with van der Waals surface area (Å²) in [7, 11) is 0. The summed E-state index contributed by atoms with van der Waals surface area (Å²) < 4.78 is 27.4. The molecular weight excluding hydrogens is 351 g/mol. The van der Waals surface area contributed by atoms with Gasteiger partial charge in [-0.2, -0.15) is 0 Å². The van der Waals surface area contributed by atoms with Crippen LogP contribution in [0.1, 0.15) is 25.7 Å². The van der Waals surface area contributed by atoms with Gasteiger partial charge in [0, 0.05) is 22.3 Å². The Morgan fingerprint density at radius 2 is 2.11 bits per heavy atom. The van der Waals surface area contributed by atoms with Crippen molar-refractivity contribution in [3.63, 3.8) is 0 Å². The molecule has 0 spiro atoms. The van der Waals surface area contributed by atoms with Crippen LogP contribution in [0.5, 0.6) is 0 Å². The maximum Gasteiger partial charge on any atom is 0.248 e. The zero-order valence-electron chi connectivity index (χ0n) is 9.76. The molecule has 1 aromatic rings. The van der Waals surface area contributed by atoms with Crippen molar-refractivity contribution in [3.8, 4) is 0 Å². The number of alkyl halides is 2. The third-order valence-electron chi connectivity index (χ3n) is 3.14. The first kappa shape index (κ1) is 13.7. The Balaban J connectivity index is 2.02. The molecular formula is C13H14F2INO. The minimum absolute atomic E-state index is 0.0976. The molecule has 5 heteroatoms. The first-order valence-corrected chi connectivity index (χ1v) is 6.99. The predicted molar refractivity (Wildman–Crippen MR) is 74.7 cm³/mol. The molecule has 1 N–H and O–H groups in total. The first-order valence-electron chi connectivity index (χ1n) is 5.91. The number of nitrogens with one attached hydrogen (secondary N) is 1. The van der Waals surface area contributed by atoms with Gasteiger partial charge in [-0.25, -0.2) is 8.78 Å². The van der Waals surface area contributed by atoms with E-state index in [9.17, 15) is 13.6 Å². The molecule has 1 aliphatic carbocycles. The van der Waals surface area contributed by atoms with Gasteiger partial charge in [-0.15, -0.1) is 0 Å². The molecule has 98 valence electrons. The van der Waals surface area contributed by atoms with Gasteiger partial charge in [0.2, 0.25) is 11.8 Å². The normalized spacial score (nSPS) is 22.5. The molecule has 1 unspecified atom stereocenters. The zero-order valence-corrected chi connectivity index (χ0v) is 11.9. The lowest BCUT2D eigenvalue weighted by atomic mass is 9.86. The summed E-state index contributed by atoms with van der Waals surface area (Å²) in [5, 5.41) is 2.74. The Hall–Kier alpha value is -0.720. The van der Waals surface area contributed by atoms with Gasteiger partial charge in [-0.1, -0.05) is 12.1 Å². The van der Waals surface area contributed by atoms with Crippen molar-refractivity contribution in [2.45, 2.75) is 31.6 Å². The van der Waals surface area contributed by atoms with E-state index in [2.05, 4.69) is 27.9 Å². The van der Waals surface area contributed by atoms with Crippen LogP contribution < -0.4 is 5.32 Å². The van der Waals surface area contributed by atoms with Crippen molar-refractivity contribution >= 4 is 34.2 Å². The van der Waals surface area contributed by atoms with Crippen LogP contribution in [0.3, 0.4) is 0 Å². The van der Waals surface area contributed by atoms with Gasteiger partial charge in [-0.05, 0) is 47.6 Å². The van der Waals surface area contributed by atoms with E-state index in [-0.39, 0.29) is 18.7 Å². The highest BCUT2D eigenvalue weighted by atomic mass is 127. The molecule has 18 heavy (non-hydrogen) atoms. The fourth-order valence-electron chi connectivity index (χ4n) is 2.19. The lowest BCUT2D eigenvalue weighted by molar-refractivity contribution is -0.127.